The van der Waals surface area contributed by atoms with Crippen LogP contribution < -0.4 is 10.1 Å². The molecule has 0 atom stereocenters. The average Bonchev–Trinajstić information content (AvgIpc) is 3.12. The summed E-state index contributed by atoms with van der Waals surface area (Å²) in [6, 6.07) is 15.9. The monoisotopic (exact) mass is 489 g/mol. The molecule has 0 saturated carbocycles. The Morgan fingerprint density at radius 3 is 2.51 bits per heavy atom. The number of aryl methyl sites for hydroxylation is 1. The van der Waals surface area contributed by atoms with E-state index in [-0.39, 0.29) is 29.7 Å². The molecule has 0 spiro atoms. The van der Waals surface area contributed by atoms with Crippen LogP contribution in [0.1, 0.15) is 22.5 Å². The lowest BCUT2D eigenvalue weighted by Crippen LogP contribution is -2.53. The van der Waals surface area contributed by atoms with Gasteiger partial charge < -0.3 is 9.30 Å². The smallest absolute Gasteiger partial charge is 0.265 e. The predicted octanol–water partition coefficient (Wildman–Crippen LogP) is 4.62. The molecule has 0 aliphatic carbocycles. The fraction of sp³-hybridized carbons (Fsp3) is 0.148. The van der Waals surface area contributed by atoms with Crippen molar-refractivity contribution in [2.45, 2.75) is 20.5 Å². The number of carbonyl (C=O) groups excluding carboxylic acids is 2. The summed E-state index contributed by atoms with van der Waals surface area (Å²) in [7, 11) is 0. The SMILES string of the molecule is C=CCN1C(=O)/C(=C\c2cc(C)n(-c3ccc(OCc4ccccc4F)cc3)c2C)C(=O)NC1=S. The van der Waals surface area contributed by atoms with E-state index in [4.69, 9.17) is 17.0 Å². The predicted molar refractivity (Wildman–Crippen MR) is 137 cm³/mol. The molecule has 1 saturated heterocycles. The van der Waals surface area contributed by atoms with Crippen LogP contribution >= 0.6 is 12.2 Å². The van der Waals surface area contributed by atoms with Gasteiger partial charge in [-0.1, -0.05) is 24.3 Å². The van der Waals surface area contributed by atoms with Crippen LogP contribution in [-0.4, -0.2) is 32.9 Å². The minimum Gasteiger partial charge on any atom is -0.489 e. The topological polar surface area (TPSA) is 63.6 Å². The van der Waals surface area contributed by atoms with Gasteiger partial charge in [-0.2, -0.15) is 0 Å². The van der Waals surface area contributed by atoms with Gasteiger partial charge in [0.05, 0.1) is 0 Å². The molecule has 35 heavy (non-hydrogen) atoms. The molecule has 2 heterocycles. The standard InChI is InChI=1S/C27H24FN3O3S/c1-4-13-30-26(33)23(25(32)29-27(30)35)15-20-14-17(2)31(18(20)3)21-9-11-22(12-10-21)34-16-19-7-5-6-8-24(19)28/h4-12,14-15H,1,13,16H2,2-3H3,(H,29,32,35)/b23-15-. The van der Waals surface area contributed by atoms with Crippen molar-refractivity contribution >= 4 is 35.2 Å². The van der Waals surface area contributed by atoms with Gasteiger partial charge in [-0.3, -0.25) is 19.8 Å². The van der Waals surface area contributed by atoms with E-state index in [1.54, 1.807) is 30.4 Å². The second-order valence-corrected chi connectivity index (χ2v) is 8.44. The summed E-state index contributed by atoms with van der Waals surface area (Å²) in [5.41, 5.74) is 3.91. The van der Waals surface area contributed by atoms with Crippen molar-refractivity contribution in [3.05, 3.63) is 101 Å². The summed E-state index contributed by atoms with van der Waals surface area (Å²) in [4.78, 5) is 26.6. The van der Waals surface area contributed by atoms with Gasteiger partial charge >= 0.3 is 0 Å². The molecule has 4 rings (SSSR count). The lowest BCUT2D eigenvalue weighted by Gasteiger charge is -2.27. The van der Waals surface area contributed by atoms with E-state index in [0.717, 1.165) is 22.6 Å². The Balaban J connectivity index is 1.57. The first-order valence-corrected chi connectivity index (χ1v) is 11.4. The first kappa shape index (κ1) is 24.1. The molecular weight excluding hydrogens is 465 g/mol. The Labute approximate surface area is 208 Å². The largest absolute Gasteiger partial charge is 0.489 e. The Morgan fingerprint density at radius 1 is 1.11 bits per heavy atom. The van der Waals surface area contributed by atoms with Gasteiger partial charge in [0.1, 0.15) is 23.7 Å². The lowest BCUT2D eigenvalue weighted by atomic mass is 10.1. The summed E-state index contributed by atoms with van der Waals surface area (Å²) in [5.74, 6) is -0.672. The van der Waals surface area contributed by atoms with Crippen molar-refractivity contribution in [1.82, 2.24) is 14.8 Å². The van der Waals surface area contributed by atoms with Crippen LogP contribution in [0.15, 0.2) is 72.8 Å². The maximum Gasteiger partial charge on any atom is 0.265 e. The number of halogens is 1. The third kappa shape index (κ3) is 4.93. The van der Waals surface area contributed by atoms with E-state index in [0.29, 0.717) is 11.3 Å². The molecule has 1 aliphatic heterocycles. The number of hydrogen-bond donors (Lipinski definition) is 1. The first-order chi connectivity index (χ1) is 16.8. The molecule has 1 N–H and O–H groups in total. The fourth-order valence-electron chi connectivity index (χ4n) is 3.94. The molecule has 0 unspecified atom stereocenters. The Kier molecular flexibility index (Phi) is 6.93. The second kappa shape index (κ2) is 10.1. The summed E-state index contributed by atoms with van der Waals surface area (Å²) < 4.78 is 21.6. The van der Waals surface area contributed by atoms with Crippen LogP contribution in [-0.2, 0) is 16.2 Å². The van der Waals surface area contributed by atoms with Crippen molar-refractivity contribution in [2.24, 2.45) is 0 Å². The van der Waals surface area contributed by atoms with Crippen molar-refractivity contribution < 1.29 is 18.7 Å². The van der Waals surface area contributed by atoms with Crippen LogP contribution in [0.2, 0.25) is 0 Å². The van der Waals surface area contributed by atoms with E-state index >= 15 is 0 Å². The molecule has 1 aromatic heterocycles. The zero-order valence-electron chi connectivity index (χ0n) is 19.4. The molecule has 3 aromatic rings. The van der Waals surface area contributed by atoms with Gasteiger partial charge in [0, 0.05) is 29.2 Å². The number of nitrogens with one attached hydrogen (secondary N) is 1. The number of benzene rings is 2. The molecule has 6 nitrogen and oxygen atoms in total. The molecule has 0 bridgehead atoms. The number of thiocarbonyl (C=S) groups is 1. The van der Waals surface area contributed by atoms with E-state index in [1.807, 2.05) is 48.7 Å². The van der Waals surface area contributed by atoms with E-state index in [1.165, 1.54) is 11.0 Å². The molecular formula is C27H24FN3O3S. The lowest BCUT2D eigenvalue weighted by molar-refractivity contribution is -0.128. The summed E-state index contributed by atoms with van der Waals surface area (Å²) in [6.45, 7) is 7.84. The Morgan fingerprint density at radius 2 is 1.83 bits per heavy atom. The van der Waals surface area contributed by atoms with Crippen LogP contribution in [0.5, 0.6) is 5.75 Å². The van der Waals surface area contributed by atoms with Crippen molar-refractivity contribution in [1.29, 1.82) is 0 Å². The van der Waals surface area contributed by atoms with Gasteiger partial charge in [-0.15, -0.1) is 6.58 Å². The molecule has 178 valence electrons. The number of nitrogens with zero attached hydrogens (tertiary/aromatic N) is 2. The minimum absolute atomic E-state index is 0.0117. The maximum absolute atomic E-state index is 13.8. The fourth-order valence-corrected chi connectivity index (χ4v) is 4.19. The highest BCUT2D eigenvalue weighted by Gasteiger charge is 2.32. The summed E-state index contributed by atoms with van der Waals surface area (Å²) >= 11 is 5.11. The zero-order chi connectivity index (χ0) is 25.1. The average molecular weight is 490 g/mol. The number of hydrogen-bond acceptors (Lipinski definition) is 4. The number of aromatic nitrogens is 1. The highest BCUT2D eigenvalue weighted by molar-refractivity contribution is 7.80. The molecule has 1 aliphatic rings. The van der Waals surface area contributed by atoms with Crippen molar-refractivity contribution in [3.63, 3.8) is 0 Å². The third-order valence-corrected chi connectivity index (χ3v) is 6.04. The van der Waals surface area contributed by atoms with E-state index in [9.17, 15) is 14.0 Å². The number of amides is 2. The number of rotatable bonds is 7. The number of carbonyl (C=O) groups is 2. The third-order valence-electron chi connectivity index (χ3n) is 5.71. The summed E-state index contributed by atoms with van der Waals surface area (Å²) in [5, 5.41) is 2.63. The van der Waals surface area contributed by atoms with Gasteiger partial charge in [-0.25, -0.2) is 4.39 Å². The van der Waals surface area contributed by atoms with Gasteiger partial charge in [0.2, 0.25) is 0 Å². The second-order valence-electron chi connectivity index (χ2n) is 8.06. The van der Waals surface area contributed by atoms with Gasteiger partial charge in [0.15, 0.2) is 5.11 Å². The van der Waals surface area contributed by atoms with E-state index in [2.05, 4.69) is 11.9 Å². The quantitative estimate of drug-likeness (QED) is 0.228. The van der Waals surface area contributed by atoms with Crippen molar-refractivity contribution in [2.75, 3.05) is 6.54 Å². The van der Waals surface area contributed by atoms with Crippen LogP contribution in [0.25, 0.3) is 11.8 Å². The van der Waals surface area contributed by atoms with E-state index < -0.39 is 11.8 Å². The Hall–Kier alpha value is -4.04. The maximum atomic E-state index is 13.8. The van der Waals surface area contributed by atoms with Crippen molar-refractivity contribution in [3.8, 4) is 11.4 Å². The number of ether oxygens (including phenoxy) is 1. The molecule has 0 radical (unpaired) electrons. The first-order valence-electron chi connectivity index (χ1n) is 11.0. The molecule has 2 aromatic carbocycles. The van der Waals surface area contributed by atoms with Gasteiger partial charge in [0.25, 0.3) is 11.8 Å². The molecule has 8 heteroatoms. The zero-order valence-corrected chi connectivity index (χ0v) is 20.2. The minimum atomic E-state index is -0.526. The van der Waals surface area contributed by atoms with Gasteiger partial charge in [-0.05, 0) is 74.1 Å². The van der Waals surface area contributed by atoms with Crippen LogP contribution in [0.3, 0.4) is 0 Å². The normalized spacial score (nSPS) is 14.9. The molecule has 2 amide bonds. The highest BCUT2D eigenvalue weighted by atomic mass is 32.1. The molecule has 1 fully saturated rings. The van der Waals surface area contributed by atoms with Crippen LogP contribution in [0, 0.1) is 19.7 Å². The Bertz CT molecular complexity index is 1360. The summed E-state index contributed by atoms with van der Waals surface area (Å²) in [6.07, 6.45) is 3.13. The van der Waals surface area contributed by atoms with Crippen LogP contribution in [0.4, 0.5) is 4.39 Å². The highest BCUT2D eigenvalue weighted by Crippen LogP contribution is 2.26.